The molecule has 0 unspecified atom stereocenters. The highest BCUT2D eigenvalue weighted by molar-refractivity contribution is 7.90. The molecule has 1 aromatic rings. The lowest BCUT2D eigenvalue weighted by molar-refractivity contribution is 0.600. The molecule has 0 aromatic carbocycles. The Bertz CT molecular complexity index is 501. The van der Waals surface area contributed by atoms with Crippen molar-refractivity contribution in [3.8, 4) is 0 Å². The van der Waals surface area contributed by atoms with Crippen LogP contribution in [0.2, 0.25) is 0 Å². The summed E-state index contributed by atoms with van der Waals surface area (Å²) >= 11 is 4.83. The Labute approximate surface area is 106 Å². The molecule has 0 radical (unpaired) electrons. The Hall–Kier alpha value is -1.28. The number of nitrogens with one attached hydrogen (secondary N) is 1. The van der Waals surface area contributed by atoms with E-state index in [1.54, 1.807) is 0 Å². The molecule has 0 aliphatic rings. The van der Waals surface area contributed by atoms with Crippen LogP contribution in [0.25, 0.3) is 0 Å². The van der Waals surface area contributed by atoms with Crippen molar-refractivity contribution < 1.29 is 8.42 Å². The summed E-state index contributed by atoms with van der Waals surface area (Å²) < 4.78 is 21.8. The number of nitrogens with zero attached hydrogens (tertiary/aromatic N) is 2. The molecule has 6 nitrogen and oxygen atoms in total. The largest absolute Gasteiger partial charge is 0.388 e. The molecule has 3 N–H and O–H groups in total. The van der Waals surface area contributed by atoms with Gasteiger partial charge in [-0.15, -0.1) is 0 Å². The molecule has 1 heterocycles. The van der Waals surface area contributed by atoms with E-state index in [4.69, 9.17) is 18.0 Å². The minimum atomic E-state index is -2.93. The van der Waals surface area contributed by atoms with Gasteiger partial charge < -0.3 is 11.1 Å². The van der Waals surface area contributed by atoms with Gasteiger partial charge in [-0.3, -0.25) is 0 Å². The average Bonchev–Trinajstić information content (AvgIpc) is 2.23. The van der Waals surface area contributed by atoms with Gasteiger partial charge >= 0.3 is 0 Å². The van der Waals surface area contributed by atoms with E-state index in [1.165, 1.54) is 18.6 Å². The van der Waals surface area contributed by atoms with E-state index in [2.05, 4.69) is 15.3 Å². The molecular weight excluding hydrogens is 260 g/mol. The number of anilines is 1. The fourth-order valence-corrected chi connectivity index (χ4v) is 2.01. The fourth-order valence-electron chi connectivity index (χ4n) is 1.19. The van der Waals surface area contributed by atoms with Crippen LogP contribution in [0.1, 0.15) is 12.1 Å². The third kappa shape index (κ3) is 5.05. The highest BCUT2D eigenvalue weighted by atomic mass is 32.2. The minimum Gasteiger partial charge on any atom is -0.388 e. The molecular formula is C9H14N4O2S2. The Morgan fingerprint density at radius 3 is 2.71 bits per heavy atom. The van der Waals surface area contributed by atoms with Crippen molar-refractivity contribution in [1.29, 1.82) is 0 Å². The van der Waals surface area contributed by atoms with E-state index in [0.717, 1.165) is 0 Å². The van der Waals surface area contributed by atoms with Gasteiger partial charge in [-0.2, -0.15) is 0 Å². The van der Waals surface area contributed by atoms with E-state index < -0.39 is 9.84 Å². The molecule has 94 valence electrons. The third-order valence-corrected chi connectivity index (χ3v) is 3.14. The lowest BCUT2D eigenvalue weighted by atomic mass is 10.4. The van der Waals surface area contributed by atoms with Crippen molar-refractivity contribution in [2.75, 3.05) is 23.9 Å². The van der Waals surface area contributed by atoms with Gasteiger partial charge in [-0.05, 0) is 6.42 Å². The number of thiocarbonyl (C=S) groups is 1. The van der Waals surface area contributed by atoms with Gasteiger partial charge in [0.2, 0.25) is 0 Å². The average molecular weight is 274 g/mol. The summed E-state index contributed by atoms with van der Waals surface area (Å²) in [6, 6.07) is 0. The van der Waals surface area contributed by atoms with Crippen LogP contribution in [-0.4, -0.2) is 41.9 Å². The van der Waals surface area contributed by atoms with Crippen molar-refractivity contribution in [1.82, 2.24) is 9.97 Å². The summed E-state index contributed by atoms with van der Waals surface area (Å²) in [6.07, 6.45) is 4.71. The molecule has 0 saturated carbocycles. The number of nitrogens with two attached hydrogens (primary N) is 1. The second-order valence-electron chi connectivity index (χ2n) is 3.53. The molecule has 0 atom stereocenters. The predicted octanol–water partition coefficient (Wildman–Crippen LogP) is -0.0426. The highest BCUT2D eigenvalue weighted by Gasteiger charge is 2.07. The minimum absolute atomic E-state index is 0.128. The molecule has 1 aromatic heterocycles. The van der Waals surface area contributed by atoms with Gasteiger partial charge in [0, 0.05) is 25.2 Å². The topological polar surface area (TPSA) is 98.0 Å². The lowest BCUT2D eigenvalue weighted by Gasteiger charge is -2.08. The third-order valence-electron chi connectivity index (χ3n) is 1.92. The molecule has 0 spiro atoms. The Morgan fingerprint density at radius 1 is 1.47 bits per heavy atom. The summed E-state index contributed by atoms with van der Waals surface area (Å²) in [4.78, 5) is 8.20. The van der Waals surface area contributed by atoms with Gasteiger partial charge in [0.1, 0.15) is 20.5 Å². The first kappa shape index (κ1) is 13.8. The molecule has 0 bridgehead atoms. The van der Waals surface area contributed by atoms with Gasteiger partial charge in [-0.1, -0.05) is 12.2 Å². The quantitative estimate of drug-likeness (QED) is 0.554. The molecule has 0 amide bonds. The number of aromatic nitrogens is 2. The number of hydrogen-bond donors (Lipinski definition) is 2. The first-order chi connectivity index (χ1) is 7.90. The summed E-state index contributed by atoms with van der Waals surface area (Å²) in [5, 5.41) is 2.96. The van der Waals surface area contributed by atoms with Crippen molar-refractivity contribution in [2.45, 2.75) is 6.42 Å². The molecule has 0 aliphatic heterocycles. The summed E-state index contributed by atoms with van der Waals surface area (Å²) in [7, 11) is -2.93. The van der Waals surface area contributed by atoms with Gasteiger partial charge in [0.25, 0.3) is 0 Å². The maximum absolute atomic E-state index is 10.9. The van der Waals surface area contributed by atoms with Crippen LogP contribution in [0.4, 0.5) is 5.82 Å². The second-order valence-corrected chi connectivity index (χ2v) is 6.23. The summed E-state index contributed by atoms with van der Waals surface area (Å²) in [5.74, 6) is 0.608. The van der Waals surface area contributed by atoms with Crippen LogP contribution in [0.3, 0.4) is 0 Å². The van der Waals surface area contributed by atoms with Crippen LogP contribution >= 0.6 is 12.2 Å². The van der Waals surface area contributed by atoms with Crippen molar-refractivity contribution in [3.05, 3.63) is 18.1 Å². The normalized spacial score (nSPS) is 11.1. The monoisotopic (exact) mass is 274 g/mol. The molecule has 17 heavy (non-hydrogen) atoms. The Balaban J connectivity index is 2.55. The molecule has 0 aliphatic carbocycles. The van der Waals surface area contributed by atoms with E-state index in [-0.39, 0.29) is 10.7 Å². The SMILES string of the molecule is CS(=O)(=O)CCCNc1nccnc1C(N)=S. The zero-order valence-electron chi connectivity index (χ0n) is 9.38. The van der Waals surface area contributed by atoms with Crippen LogP contribution < -0.4 is 11.1 Å². The fraction of sp³-hybridized carbons (Fsp3) is 0.444. The number of rotatable bonds is 6. The number of hydrogen-bond acceptors (Lipinski definition) is 6. The van der Waals surface area contributed by atoms with Crippen molar-refractivity contribution in [2.24, 2.45) is 5.73 Å². The summed E-state index contributed by atoms with van der Waals surface area (Å²) in [6.45, 7) is 0.474. The van der Waals surface area contributed by atoms with E-state index in [9.17, 15) is 8.42 Å². The van der Waals surface area contributed by atoms with Gasteiger partial charge in [0.15, 0.2) is 5.82 Å². The first-order valence-electron chi connectivity index (χ1n) is 4.92. The van der Waals surface area contributed by atoms with Crippen molar-refractivity contribution in [3.63, 3.8) is 0 Å². The second kappa shape index (κ2) is 5.87. The van der Waals surface area contributed by atoms with Crippen molar-refractivity contribution >= 4 is 32.9 Å². The Kier molecular flexibility index (Phi) is 4.76. The molecule has 1 rings (SSSR count). The first-order valence-corrected chi connectivity index (χ1v) is 7.39. The van der Waals surface area contributed by atoms with E-state index in [1.807, 2.05) is 0 Å². The molecule has 8 heteroatoms. The van der Waals surface area contributed by atoms with E-state index >= 15 is 0 Å². The van der Waals surface area contributed by atoms with Gasteiger partial charge in [-0.25, -0.2) is 18.4 Å². The van der Waals surface area contributed by atoms with E-state index in [0.29, 0.717) is 24.5 Å². The zero-order chi connectivity index (χ0) is 12.9. The maximum Gasteiger partial charge on any atom is 0.155 e. The summed E-state index contributed by atoms with van der Waals surface area (Å²) in [5.41, 5.74) is 5.90. The van der Waals surface area contributed by atoms with Gasteiger partial charge in [0.05, 0.1) is 5.75 Å². The van der Waals surface area contributed by atoms with Crippen LogP contribution in [0.15, 0.2) is 12.4 Å². The zero-order valence-corrected chi connectivity index (χ0v) is 11.0. The maximum atomic E-state index is 10.9. The number of sulfone groups is 1. The predicted molar refractivity (Wildman–Crippen MR) is 70.7 cm³/mol. The smallest absolute Gasteiger partial charge is 0.155 e. The van der Waals surface area contributed by atoms with Crippen LogP contribution in [0, 0.1) is 0 Å². The standard InChI is InChI=1S/C9H14N4O2S2/c1-17(14,15)6-2-3-12-9-7(8(10)16)11-4-5-13-9/h4-5H,2-3,6H2,1H3,(H2,10,16)(H,12,13). The molecule has 0 fully saturated rings. The van der Waals surface area contributed by atoms with Crippen LogP contribution in [-0.2, 0) is 9.84 Å². The molecule has 0 saturated heterocycles. The Morgan fingerprint density at radius 2 is 2.12 bits per heavy atom. The van der Waals surface area contributed by atoms with Crippen LogP contribution in [0.5, 0.6) is 0 Å². The lowest BCUT2D eigenvalue weighted by Crippen LogP contribution is -2.17. The highest BCUT2D eigenvalue weighted by Crippen LogP contribution is 2.07.